The van der Waals surface area contributed by atoms with Gasteiger partial charge in [-0.05, 0) is 12.8 Å². The molecule has 0 saturated carbocycles. The monoisotopic (exact) mass is 437 g/mol. The van der Waals surface area contributed by atoms with Gasteiger partial charge in [-0.2, -0.15) is 9.78 Å². The van der Waals surface area contributed by atoms with E-state index in [2.05, 4.69) is 31.2 Å². The summed E-state index contributed by atoms with van der Waals surface area (Å²) in [4.78, 5) is 23.7. The molecule has 3 fully saturated rings. The summed E-state index contributed by atoms with van der Waals surface area (Å²) < 4.78 is 7.29. The van der Waals surface area contributed by atoms with E-state index in [4.69, 9.17) is 15.5 Å². The predicted molar refractivity (Wildman–Crippen MR) is 120 cm³/mol. The highest BCUT2D eigenvalue weighted by atomic mass is 16.5. The maximum absolute atomic E-state index is 12.1. The van der Waals surface area contributed by atoms with Gasteiger partial charge in [-0.1, -0.05) is 0 Å². The highest BCUT2D eigenvalue weighted by Crippen LogP contribution is 2.42. The molecule has 2 unspecified atom stereocenters. The Labute approximate surface area is 185 Å². The standard InChI is InChI=1S/C21H27N9O2/c1-13(31)28-11-14-2-3-15(12-28)29(14)16-10-18(27-6-8-32-9-7-27)24-21-19(16)20(22)26-30(21)17-4-5-23-25-17/h4-5,10,14-15H,2-3,6-9,11-12H2,1H3,(H2,22,26)(H,23,25). The number of pyridine rings is 1. The van der Waals surface area contributed by atoms with Crippen LogP contribution in [0, 0.1) is 0 Å². The van der Waals surface area contributed by atoms with Gasteiger partial charge in [0.2, 0.25) is 5.91 Å². The van der Waals surface area contributed by atoms with Crippen molar-refractivity contribution in [3.63, 3.8) is 0 Å². The number of anilines is 3. The van der Waals surface area contributed by atoms with Gasteiger partial charge in [0.15, 0.2) is 17.3 Å². The minimum atomic E-state index is 0.141. The number of hydrogen-bond acceptors (Lipinski definition) is 8. The number of likely N-dealkylation sites (tertiary alicyclic amines) is 1. The number of aromatic amines is 1. The summed E-state index contributed by atoms with van der Waals surface area (Å²) in [5, 5.41) is 12.5. The van der Waals surface area contributed by atoms with E-state index >= 15 is 0 Å². The number of rotatable bonds is 3. The Kier molecular flexibility index (Phi) is 4.46. The number of carbonyl (C=O) groups is 1. The SMILES string of the molecule is CC(=O)N1CC2CCC(C1)N2c1cc(N2CCOCC2)nc2c1c(N)nn2-c1ccn[nH]1. The van der Waals surface area contributed by atoms with Crippen molar-refractivity contribution in [3.05, 3.63) is 18.3 Å². The number of nitrogens with zero attached hydrogens (tertiary/aromatic N) is 7. The van der Waals surface area contributed by atoms with Crippen LogP contribution in [0.3, 0.4) is 0 Å². The summed E-state index contributed by atoms with van der Waals surface area (Å²) in [6.45, 7) is 6.06. The van der Waals surface area contributed by atoms with Crippen molar-refractivity contribution in [1.29, 1.82) is 0 Å². The maximum atomic E-state index is 12.1. The lowest BCUT2D eigenvalue weighted by Crippen LogP contribution is -2.55. The van der Waals surface area contributed by atoms with Crippen molar-refractivity contribution < 1.29 is 9.53 Å². The summed E-state index contributed by atoms with van der Waals surface area (Å²) in [5.41, 5.74) is 8.23. The molecule has 3 N–H and O–H groups in total. The van der Waals surface area contributed by atoms with E-state index in [0.29, 0.717) is 30.5 Å². The number of carbonyl (C=O) groups excluding carboxylic acids is 1. The van der Waals surface area contributed by atoms with Crippen LogP contribution in [0.2, 0.25) is 0 Å². The Morgan fingerprint density at radius 2 is 1.97 bits per heavy atom. The molecule has 0 spiro atoms. The van der Waals surface area contributed by atoms with Gasteiger partial charge in [-0.3, -0.25) is 9.89 Å². The van der Waals surface area contributed by atoms with E-state index in [1.165, 1.54) is 0 Å². The van der Waals surface area contributed by atoms with Crippen molar-refractivity contribution in [2.75, 3.05) is 54.9 Å². The lowest BCUT2D eigenvalue weighted by atomic mass is 10.1. The van der Waals surface area contributed by atoms with E-state index < -0.39 is 0 Å². The van der Waals surface area contributed by atoms with E-state index in [-0.39, 0.29) is 18.0 Å². The van der Waals surface area contributed by atoms with Gasteiger partial charge >= 0.3 is 0 Å². The van der Waals surface area contributed by atoms with Gasteiger partial charge in [0.05, 0.1) is 30.5 Å². The van der Waals surface area contributed by atoms with Crippen LogP contribution in [0.25, 0.3) is 16.9 Å². The molecule has 3 saturated heterocycles. The molecule has 6 heterocycles. The summed E-state index contributed by atoms with van der Waals surface area (Å²) in [6, 6.07) is 4.52. The zero-order valence-electron chi connectivity index (χ0n) is 18.1. The van der Waals surface area contributed by atoms with E-state index in [1.54, 1.807) is 17.8 Å². The van der Waals surface area contributed by atoms with Crippen molar-refractivity contribution in [2.45, 2.75) is 31.8 Å². The van der Waals surface area contributed by atoms with Crippen molar-refractivity contribution in [3.8, 4) is 5.82 Å². The van der Waals surface area contributed by atoms with E-state index in [1.807, 2.05) is 11.0 Å². The highest BCUT2D eigenvalue weighted by molar-refractivity contribution is 6.00. The molecule has 3 aromatic rings. The number of nitrogen functional groups attached to an aromatic ring is 1. The smallest absolute Gasteiger partial charge is 0.219 e. The predicted octanol–water partition coefficient (Wildman–Crippen LogP) is 0.762. The van der Waals surface area contributed by atoms with Crippen molar-refractivity contribution in [1.82, 2.24) is 29.9 Å². The van der Waals surface area contributed by atoms with E-state index in [9.17, 15) is 4.79 Å². The topological polar surface area (TPSA) is 121 Å². The molecule has 3 aliphatic heterocycles. The number of H-pyrrole nitrogens is 1. The fraction of sp³-hybridized carbons (Fsp3) is 0.524. The molecule has 0 aliphatic carbocycles. The Hall–Kier alpha value is -3.34. The zero-order chi connectivity index (χ0) is 21.8. The number of aromatic nitrogens is 5. The first-order valence-electron chi connectivity index (χ1n) is 11.2. The van der Waals surface area contributed by atoms with Crippen LogP contribution in [-0.2, 0) is 9.53 Å². The van der Waals surface area contributed by atoms with Crippen LogP contribution in [0.15, 0.2) is 18.3 Å². The number of fused-ring (bicyclic) bond motifs is 3. The first-order valence-corrected chi connectivity index (χ1v) is 11.2. The normalized spacial score (nSPS) is 23.3. The van der Waals surface area contributed by atoms with Gasteiger partial charge in [0.25, 0.3) is 0 Å². The molecule has 11 nitrogen and oxygen atoms in total. The minimum absolute atomic E-state index is 0.141. The lowest BCUT2D eigenvalue weighted by Gasteiger charge is -2.42. The quantitative estimate of drug-likeness (QED) is 0.616. The Morgan fingerprint density at radius 3 is 2.62 bits per heavy atom. The lowest BCUT2D eigenvalue weighted by molar-refractivity contribution is -0.129. The fourth-order valence-electron chi connectivity index (χ4n) is 5.36. The van der Waals surface area contributed by atoms with Gasteiger partial charge in [-0.15, -0.1) is 5.10 Å². The Bertz CT molecular complexity index is 1140. The van der Waals surface area contributed by atoms with Gasteiger partial charge in [0, 0.05) is 57.3 Å². The summed E-state index contributed by atoms with van der Waals surface area (Å²) >= 11 is 0. The molecule has 0 aromatic carbocycles. The van der Waals surface area contributed by atoms with Gasteiger partial charge in [0.1, 0.15) is 5.82 Å². The summed E-state index contributed by atoms with van der Waals surface area (Å²) in [6.07, 6.45) is 3.80. The molecule has 2 bridgehead atoms. The number of amides is 1. The largest absolute Gasteiger partial charge is 0.382 e. The van der Waals surface area contributed by atoms with Crippen molar-refractivity contribution in [2.24, 2.45) is 0 Å². The third-order valence-corrected chi connectivity index (χ3v) is 6.89. The number of morpholine rings is 1. The number of nitrogens with one attached hydrogen (secondary N) is 1. The Morgan fingerprint density at radius 1 is 1.22 bits per heavy atom. The first-order chi connectivity index (χ1) is 15.6. The molecule has 2 atom stereocenters. The number of hydrogen-bond donors (Lipinski definition) is 2. The number of nitrogens with two attached hydrogens (primary N) is 1. The molecular formula is C21H27N9O2. The third-order valence-electron chi connectivity index (χ3n) is 6.89. The first kappa shape index (κ1) is 19.4. The number of piperazine rings is 1. The van der Waals surface area contributed by atoms with Crippen molar-refractivity contribution >= 4 is 34.3 Å². The average Bonchev–Trinajstić information content (AvgIpc) is 3.51. The maximum Gasteiger partial charge on any atom is 0.219 e. The summed E-state index contributed by atoms with van der Waals surface area (Å²) in [5.74, 6) is 2.19. The molecule has 6 rings (SSSR count). The molecule has 168 valence electrons. The van der Waals surface area contributed by atoms with Crippen LogP contribution in [0.5, 0.6) is 0 Å². The van der Waals surface area contributed by atoms with E-state index in [0.717, 1.165) is 55.9 Å². The summed E-state index contributed by atoms with van der Waals surface area (Å²) in [7, 11) is 0. The zero-order valence-corrected chi connectivity index (χ0v) is 18.1. The third kappa shape index (κ3) is 2.99. The van der Waals surface area contributed by atoms with Crippen LogP contribution >= 0.6 is 0 Å². The molecule has 3 aliphatic rings. The van der Waals surface area contributed by atoms with Crippen LogP contribution < -0.4 is 15.5 Å². The van der Waals surface area contributed by atoms with Crippen LogP contribution in [0.4, 0.5) is 17.3 Å². The van der Waals surface area contributed by atoms with Crippen LogP contribution in [-0.4, -0.2) is 87.2 Å². The molecule has 1 amide bonds. The second-order valence-electron chi connectivity index (χ2n) is 8.75. The highest BCUT2D eigenvalue weighted by Gasteiger charge is 2.42. The van der Waals surface area contributed by atoms with Gasteiger partial charge < -0.3 is 25.2 Å². The second kappa shape index (κ2) is 7.37. The van der Waals surface area contributed by atoms with Crippen LogP contribution in [0.1, 0.15) is 19.8 Å². The average molecular weight is 438 g/mol. The molecular weight excluding hydrogens is 410 g/mol. The molecule has 0 radical (unpaired) electrons. The molecule has 3 aromatic heterocycles. The second-order valence-corrected chi connectivity index (χ2v) is 8.75. The molecule has 32 heavy (non-hydrogen) atoms. The van der Waals surface area contributed by atoms with Gasteiger partial charge in [-0.25, -0.2) is 4.98 Å². The Balaban J connectivity index is 1.52. The molecule has 11 heteroatoms. The number of ether oxygens (including phenoxy) is 1. The fourth-order valence-corrected chi connectivity index (χ4v) is 5.36. The minimum Gasteiger partial charge on any atom is -0.382 e.